The maximum absolute atomic E-state index is 5.60. The third kappa shape index (κ3) is 1.81. The molecule has 2 aromatic rings. The predicted molar refractivity (Wildman–Crippen MR) is 59.2 cm³/mol. The number of nitrogens with zero attached hydrogens (tertiary/aromatic N) is 4. The molecule has 0 radical (unpaired) electrons. The van der Waals surface area contributed by atoms with Crippen molar-refractivity contribution < 1.29 is 4.74 Å². The Morgan fingerprint density at radius 2 is 2.00 bits per heavy atom. The lowest BCUT2D eigenvalue weighted by Crippen LogP contribution is -1.95. The van der Waals surface area contributed by atoms with Gasteiger partial charge in [-0.25, -0.2) is 9.97 Å². The fourth-order valence-electron chi connectivity index (χ4n) is 1.39. The lowest BCUT2D eigenvalue weighted by Gasteiger charge is -2.04. The largest absolute Gasteiger partial charge is 0.434 e. The number of hydrogen-bond donors (Lipinski definition) is 1. The van der Waals surface area contributed by atoms with Gasteiger partial charge in [0.25, 0.3) is 0 Å². The van der Waals surface area contributed by atoms with Gasteiger partial charge in [0.2, 0.25) is 5.88 Å². The van der Waals surface area contributed by atoms with Crippen LogP contribution in [0.2, 0.25) is 0 Å². The van der Waals surface area contributed by atoms with Gasteiger partial charge in [0.1, 0.15) is 11.5 Å². The topological polar surface area (TPSA) is 78.8 Å². The molecule has 2 heterocycles. The summed E-state index contributed by atoms with van der Waals surface area (Å²) in [6.07, 6.45) is 2.94. The van der Waals surface area contributed by atoms with Crippen LogP contribution >= 0.6 is 0 Å². The lowest BCUT2D eigenvalue weighted by atomic mass is 10.3. The summed E-state index contributed by atoms with van der Waals surface area (Å²) in [5, 5.41) is 4.24. The molecular formula is C10H13N5O. The average molecular weight is 219 g/mol. The molecule has 0 bridgehead atoms. The van der Waals surface area contributed by atoms with E-state index in [9.17, 15) is 0 Å². The number of nitrogens with two attached hydrogens (primary N) is 1. The van der Waals surface area contributed by atoms with Crippen molar-refractivity contribution in [2.75, 3.05) is 5.73 Å². The molecule has 2 aromatic heterocycles. The van der Waals surface area contributed by atoms with Crippen LogP contribution in [0.4, 0.5) is 5.82 Å². The highest BCUT2D eigenvalue weighted by molar-refractivity contribution is 5.35. The summed E-state index contributed by atoms with van der Waals surface area (Å²) in [5.41, 5.74) is 7.20. The van der Waals surface area contributed by atoms with Gasteiger partial charge in [-0.2, -0.15) is 5.10 Å². The van der Waals surface area contributed by atoms with Gasteiger partial charge >= 0.3 is 0 Å². The first-order valence-electron chi connectivity index (χ1n) is 4.83. The Morgan fingerprint density at radius 3 is 2.50 bits per heavy atom. The van der Waals surface area contributed by atoms with E-state index < -0.39 is 0 Å². The monoisotopic (exact) mass is 219 g/mol. The van der Waals surface area contributed by atoms with Gasteiger partial charge in [-0.15, -0.1) is 0 Å². The van der Waals surface area contributed by atoms with Gasteiger partial charge in [0, 0.05) is 7.05 Å². The van der Waals surface area contributed by atoms with Crippen molar-refractivity contribution in [3.63, 3.8) is 0 Å². The van der Waals surface area contributed by atoms with Crippen LogP contribution in [0.5, 0.6) is 11.6 Å². The average Bonchev–Trinajstić information content (AvgIpc) is 2.48. The number of rotatable bonds is 2. The summed E-state index contributed by atoms with van der Waals surface area (Å²) >= 11 is 0. The highest BCUT2D eigenvalue weighted by atomic mass is 16.5. The molecule has 0 saturated heterocycles. The van der Waals surface area contributed by atoms with Crippen LogP contribution in [0.15, 0.2) is 12.4 Å². The van der Waals surface area contributed by atoms with E-state index in [4.69, 9.17) is 10.5 Å². The van der Waals surface area contributed by atoms with Crippen LogP contribution in [0, 0.1) is 13.8 Å². The predicted octanol–water partition coefficient (Wildman–Crippen LogP) is 1.20. The second-order valence-corrected chi connectivity index (χ2v) is 3.51. The molecule has 16 heavy (non-hydrogen) atoms. The van der Waals surface area contributed by atoms with E-state index in [0.29, 0.717) is 17.4 Å². The van der Waals surface area contributed by atoms with E-state index in [1.807, 2.05) is 20.9 Å². The summed E-state index contributed by atoms with van der Waals surface area (Å²) in [5.74, 6) is 1.49. The van der Waals surface area contributed by atoms with Crippen molar-refractivity contribution in [1.29, 1.82) is 0 Å². The standard InChI is InChI=1S/C10H13N5O/c1-6-10(7(2)15(3)14-6)16-9-5-12-8(11)4-13-9/h4-5H,1-3H3,(H2,11,12). The molecule has 0 saturated carbocycles. The molecule has 0 fully saturated rings. The number of aromatic nitrogens is 4. The maximum atomic E-state index is 5.60. The van der Waals surface area contributed by atoms with Gasteiger partial charge in [0.15, 0.2) is 5.75 Å². The first-order chi connectivity index (χ1) is 7.58. The third-order valence-corrected chi connectivity index (χ3v) is 2.30. The van der Waals surface area contributed by atoms with Crippen LogP contribution in [-0.2, 0) is 7.05 Å². The Balaban J connectivity index is 2.30. The molecule has 2 N–H and O–H groups in total. The fourth-order valence-corrected chi connectivity index (χ4v) is 1.39. The molecule has 0 aliphatic carbocycles. The molecule has 84 valence electrons. The van der Waals surface area contributed by atoms with Crippen LogP contribution in [0.25, 0.3) is 0 Å². The quantitative estimate of drug-likeness (QED) is 0.821. The van der Waals surface area contributed by atoms with E-state index in [0.717, 1.165) is 11.4 Å². The Kier molecular flexibility index (Phi) is 2.47. The molecule has 0 aliphatic heterocycles. The van der Waals surface area contributed by atoms with Crippen LogP contribution in [0.1, 0.15) is 11.4 Å². The molecule has 0 atom stereocenters. The van der Waals surface area contributed by atoms with Gasteiger partial charge in [-0.05, 0) is 13.8 Å². The van der Waals surface area contributed by atoms with Crippen molar-refractivity contribution in [2.24, 2.45) is 7.05 Å². The van der Waals surface area contributed by atoms with E-state index >= 15 is 0 Å². The SMILES string of the molecule is Cc1nn(C)c(C)c1Oc1cnc(N)cn1. The first kappa shape index (κ1) is 10.4. The van der Waals surface area contributed by atoms with Crippen LogP contribution < -0.4 is 10.5 Å². The van der Waals surface area contributed by atoms with Gasteiger partial charge < -0.3 is 10.5 Å². The summed E-state index contributed by atoms with van der Waals surface area (Å²) in [6, 6.07) is 0. The minimum atomic E-state index is 0.368. The number of aryl methyl sites for hydroxylation is 2. The van der Waals surface area contributed by atoms with Gasteiger partial charge in [0.05, 0.1) is 18.1 Å². The Morgan fingerprint density at radius 1 is 1.25 bits per heavy atom. The van der Waals surface area contributed by atoms with E-state index in [-0.39, 0.29) is 0 Å². The molecular weight excluding hydrogens is 206 g/mol. The zero-order valence-corrected chi connectivity index (χ0v) is 9.43. The summed E-state index contributed by atoms with van der Waals surface area (Å²) < 4.78 is 7.36. The number of ether oxygens (including phenoxy) is 1. The minimum absolute atomic E-state index is 0.368. The van der Waals surface area contributed by atoms with E-state index in [1.165, 1.54) is 12.4 Å². The van der Waals surface area contributed by atoms with Gasteiger partial charge in [-0.3, -0.25) is 4.68 Å². The smallest absolute Gasteiger partial charge is 0.238 e. The van der Waals surface area contributed by atoms with Crippen molar-refractivity contribution >= 4 is 5.82 Å². The fraction of sp³-hybridized carbons (Fsp3) is 0.300. The third-order valence-electron chi connectivity index (χ3n) is 2.30. The Bertz CT molecular complexity index is 503. The molecule has 0 aliphatic rings. The molecule has 2 rings (SSSR count). The highest BCUT2D eigenvalue weighted by Crippen LogP contribution is 2.26. The molecule has 0 amide bonds. The molecule has 6 nitrogen and oxygen atoms in total. The summed E-state index contributed by atoms with van der Waals surface area (Å²) in [4.78, 5) is 7.92. The van der Waals surface area contributed by atoms with E-state index in [1.54, 1.807) is 4.68 Å². The normalized spacial score (nSPS) is 10.4. The molecule has 0 aromatic carbocycles. The Labute approximate surface area is 93.1 Å². The zero-order valence-electron chi connectivity index (χ0n) is 9.43. The summed E-state index contributed by atoms with van der Waals surface area (Å²) in [7, 11) is 1.86. The zero-order chi connectivity index (χ0) is 11.7. The van der Waals surface area contributed by atoms with Gasteiger partial charge in [-0.1, -0.05) is 0 Å². The molecule has 0 spiro atoms. The first-order valence-corrected chi connectivity index (χ1v) is 4.83. The Hall–Kier alpha value is -2.11. The van der Waals surface area contributed by atoms with Crippen LogP contribution in [0.3, 0.4) is 0 Å². The molecule has 6 heteroatoms. The van der Waals surface area contributed by atoms with Crippen molar-refractivity contribution in [1.82, 2.24) is 19.7 Å². The highest BCUT2D eigenvalue weighted by Gasteiger charge is 2.12. The number of hydrogen-bond acceptors (Lipinski definition) is 5. The number of nitrogen functional groups attached to an aromatic ring is 1. The van der Waals surface area contributed by atoms with E-state index in [2.05, 4.69) is 15.1 Å². The van der Waals surface area contributed by atoms with Crippen molar-refractivity contribution in [3.8, 4) is 11.6 Å². The molecule has 0 unspecified atom stereocenters. The maximum Gasteiger partial charge on any atom is 0.238 e. The second kappa shape index (κ2) is 3.80. The van der Waals surface area contributed by atoms with Crippen LogP contribution in [-0.4, -0.2) is 19.7 Å². The minimum Gasteiger partial charge on any atom is -0.434 e. The number of anilines is 1. The van der Waals surface area contributed by atoms with Crippen molar-refractivity contribution in [2.45, 2.75) is 13.8 Å². The van der Waals surface area contributed by atoms with Crippen molar-refractivity contribution in [3.05, 3.63) is 23.8 Å². The second-order valence-electron chi connectivity index (χ2n) is 3.51. The lowest BCUT2D eigenvalue weighted by molar-refractivity contribution is 0.453. The summed E-state index contributed by atoms with van der Waals surface area (Å²) in [6.45, 7) is 3.81.